The van der Waals surface area contributed by atoms with Crippen molar-refractivity contribution in [2.24, 2.45) is 0 Å². The van der Waals surface area contributed by atoms with Gasteiger partial charge in [-0.15, -0.1) is 0 Å². The molecule has 0 bridgehead atoms. The van der Waals surface area contributed by atoms with Gasteiger partial charge in [-0.3, -0.25) is 9.59 Å². The van der Waals surface area contributed by atoms with E-state index >= 15 is 0 Å². The molecular formula is C24H26N2O4. The summed E-state index contributed by atoms with van der Waals surface area (Å²) in [5.74, 6) is 0.161. The van der Waals surface area contributed by atoms with Crippen molar-refractivity contribution in [1.82, 2.24) is 9.88 Å². The number of aromatic nitrogens is 1. The number of esters is 1. The van der Waals surface area contributed by atoms with Crippen molar-refractivity contribution < 1.29 is 18.7 Å². The number of fused-ring (bicyclic) bond motifs is 1. The number of hydrogen-bond donors (Lipinski definition) is 0. The molecule has 30 heavy (non-hydrogen) atoms. The maximum Gasteiger partial charge on any atom is 0.306 e. The fraction of sp³-hybridized carbons (Fsp3) is 0.375. The van der Waals surface area contributed by atoms with Crippen molar-refractivity contribution in [3.8, 4) is 11.1 Å². The first-order valence-corrected chi connectivity index (χ1v) is 10.5. The second-order valence-corrected chi connectivity index (χ2v) is 7.65. The first-order chi connectivity index (χ1) is 14.5. The predicted molar refractivity (Wildman–Crippen MR) is 114 cm³/mol. The molecule has 1 aliphatic heterocycles. The van der Waals surface area contributed by atoms with Gasteiger partial charge in [0.2, 0.25) is 11.8 Å². The van der Waals surface area contributed by atoms with E-state index in [0.29, 0.717) is 24.6 Å². The van der Waals surface area contributed by atoms with E-state index < -0.39 is 0 Å². The number of aryl methyl sites for hydroxylation is 1. The van der Waals surface area contributed by atoms with Crippen LogP contribution >= 0.6 is 0 Å². The Balaban J connectivity index is 1.53. The van der Waals surface area contributed by atoms with Crippen LogP contribution in [0.4, 0.5) is 0 Å². The van der Waals surface area contributed by atoms with Gasteiger partial charge < -0.3 is 14.1 Å². The SMILES string of the molecule is CCOC(=O)CCC(=O)N1CCC[C@@H]1c1nc2cc(-c3cccc(C)c3)ccc2o1. The molecule has 0 radical (unpaired) electrons. The number of hydrogen-bond acceptors (Lipinski definition) is 5. The summed E-state index contributed by atoms with van der Waals surface area (Å²) >= 11 is 0. The van der Waals surface area contributed by atoms with Crippen LogP contribution in [0.15, 0.2) is 46.9 Å². The van der Waals surface area contributed by atoms with Crippen LogP contribution in [-0.2, 0) is 14.3 Å². The fourth-order valence-corrected chi connectivity index (χ4v) is 4.00. The molecule has 2 heterocycles. The lowest BCUT2D eigenvalue weighted by Crippen LogP contribution is -2.31. The zero-order chi connectivity index (χ0) is 21.1. The number of oxazole rings is 1. The van der Waals surface area contributed by atoms with E-state index in [1.165, 1.54) is 5.56 Å². The maximum atomic E-state index is 12.7. The molecular weight excluding hydrogens is 380 g/mol. The molecule has 0 N–H and O–H groups in total. The number of benzene rings is 2. The van der Waals surface area contributed by atoms with Crippen LogP contribution in [-0.4, -0.2) is 34.9 Å². The van der Waals surface area contributed by atoms with Gasteiger partial charge in [0.05, 0.1) is 13.0 Å². The van der Waals surface area contributed by atoms with E-state index in [4.69, 9.17) is 14.1 Å². The van der Waals surface area contributed by atoms with Crippen LogP contribution in [0.5, 0.6) is 0 Å². The highest BCUT2D eigenvalue weighted by Crippen LogP contribution is 2.35. The van der Waals surface area contributed by atoms with Crippen LogP contribution in [0.3, 0.4) is 0 Å². The molecule has 156 valence electrons. The van der Waals surface area contributed by atoms with Crippen LogP contribution in [0.25, 0.3) is 22.2 Å². The van der Waals surface area contributed by atoms with Gasteiger partial charge in [0, 0.05) is 13.0 Å². The van der Waals surface area contributed by atoms with E-state index in [-0.39, 0.29) is 30.8 Å². The van der Waals surface area contributed by atoms with Gasteiger partial charge in [0.25, 0.3) is 0 Å². The summed E-state index contributed by atoms with van der Waals surface area (Å²) in [6, 6.07) is 14.1. The maximum absolute atomic E-state index is 12.7. The number of rotatable bonds is 6. The van der Waals surface area contributed by atoms with Crippen LogP contribution in [0, 0.1) is 6.92 Å². The highest BCUT2D eigenvalue weighted by atomic mass is 16.5. The van der Waals surface area contributed by atoms with Gasteiger partial charge in [-0.05, 0) is 49.9 Å². The Kier molecular flexibility index (Phi) is 5.84. The van der Waals surface area contributed by atoms with Gasteiger partial charge in [0.1, 0.15) is 11.6 Å². The second kappa shape index (κ2) is 8.69. The smallest absolute Gasteiger partial charge is 0.306 e. The number of ether oxygens (including phenoxy) is 1. The van der Waals surface area contributed by atoms with E-state index in [1.807, 2.05) is 24.3 Å². The molecule has 0 saturated carbocycles. The molecule has 2 aromatic carbocycles. The zero-order valence-electron chi connectivity index (χ0n) is 17.4. The molecule has 6 nitrogen and oxygen atoms in total. The van der Waals surface area contributed by atoms with E-state index in [9.17, 15) is 9.59 Å². The Labute approximate surface area is 175 Å². The molecule has 0 unspecified atom stereocenters. The minimum Gasteiger partial charge on any atom is -0.466 e. The van der Waals surface area contributed by atoms with Gasteiger partial charge >= 0.3 is 5.97 Å². The summed E-state index contributed by atoms with van der Waals surface area (Å²) in [5, 5.41) is 0. The molecule has 1 aromatic heterocycles. The van der Waals surface area contributed by atoms with Gasteiger partial charge in [-0.2, -0.15) is 0 Å². The molecule has 0 aliphatic carbocycles. The molecule has 1 saturated heterocycles. The van der Waals surface area contributed by atoms with E-state index in [1.54, 1.807) is 11.8 Å². The number of carbonyl (C=O) groups excluding carboxylic acids is 2. The lowest BCUT2D eigenvalue weighted by atomic mass is 10.0. The summed E-state index contributed by atoms with van der Waals surface area (Å²) in [6.45, 7) is 4.81. The van der Waals surface area contributed by atoms with Crippen LogP contribution < -0.4 is 0 Å². The minimum atomic E-state index is -0.341. The van der Waals surface area contributed by atoms with Gasteiger partial charge in [-0.25, -0.2) is 4.98 Å². The van der Waals surface area contributed by atoms with E-state index in [0.717, 1.165) is 29.5 Å². The third-order valence-corrected chi connectivity index (χ3v) is 5.46. The number of nitrogens with zero attached hydrogens (tertiary/aromatic N) is 2. The summed E-state index contributed by atoms with van der Waals surface area (Å²) in [6.07, 6.45) is 1.95. The minimum absolute atomic E-state index is 0.0618. The highest BCUT2D eigenvalue weighted by Gasteiger charge is 2.33. The first kappa shape index (κ1) is 20.1. The van der Waals surface area contributed by atoms with Crippen molar-refractivity contribution in [1.29, 1.82) is 0 Å². The molecule has 1 aliphatic rings. The second-order valence-electron chi connectivity index (χ2n) is 7.65. The van der Waals surface area contributed by atoms with Crippen molar-refractivity contribution in [3.05, 3.63) is 53.9 Å². The number of likely N-dealkylation sites (tertiary alicyclic amines) is 1. The van der Waals surface area contributed by atoms with Crippen LogP contribution in [0.1, 0.15) is 50.1 Å². The molecule has 4 rings (SSSR count). The lowest BCUT2D eigenvalue weighted by Gasteiger charge is -2.22. The normalized spacial score (nSPS) is 16.2. The monoisotopic (exact) mass is 406 g/mol. The van der Waals surface area contributed by atoms with Gasteiger partial charge in [-0.1, -0.05) is 35.9 Å². The van der Waals surface area contributed by atoms with Crippen molar-refractivity contribution >= 4 is 23.0 Å². The average molecular weight is 406 g/mol. The summed E-state index contributed by atoms with van der Waals surface area (Å²) < 4.78 is 10.9. The first-order valence-electron chi connectivity index (χ1n) is 10.5. The third-order valence-electron chi connectivity index (χ3n) is 5.46. The predicted octanol–water partition coefficient (Wildman–Crippen LogP) is 4.81. The summed E-state index contributed by atoms with van der Waals surface area (Å²) in [7, 11) is 0. The topological polar surface area (TPSA) is 72.6 Å². The van der Waals surface area contributed by atoms with Crippen molar-refractivity contribution in [2.75, 3.05) is 13.2 Å². The van der Waals surface area contributed by atoms with Crippen LogP contribution in [0.2, 0.25) is 0 Å². The summed E-state index contributed by atoms with van der Waals surface area (Å²) in [5.41, 5.74) is 4.93. The van der Waals surface area contributed by atoms with Gasteiger partial charge in [0.15, 0.2) is 5.58 Å². The lowest BCUT2D eigenvalue weighted by molar-refractivity contribution is -0.146. The molecule has 1 amide bonds. The molecule has 0 spiro atoms. The van der Waals surface area contributed by atoms with E-state index in [2.05, 4.69) is 25.1 Å². The third kappa shape index (κ3) is 4.22. The standard InChI is InChI=1S/C24H26N2O4/c1-3-29-23(28)12-11-22(27)26-13-5-8-20(26)24-25-19-15-18(9-10-21(19)30-24)17-7-4-6-16(2)14-17/h4,6-7,9-10,14-15,20H,3,5,8,11-13H2,1-2H3/t20-/m1/s1. The molecule has 3 aromatic rings. The Morgan fingerprint density at radius 3 is 2.80 bits per heavy atom. The number of carbonyl (C=O) groups is 2. The fourth-order valence-electron chi connectivity index (χ4n) is 4.00. The average Bonchev–Trinajstić information content (AvgIpc) is 3.38. The highest BCUT2D eigenvalue weighted by molar-refractivity contribution is 5.83. The van der Waals surface area contributed by atoms with Crippen molar-refractivity contribution in [3.63, 3.8) is 0 Å². The molecule has 1 atom stereocenters. The molecule has 6 heteroatoms. The Bertz CT molecular complexity index is 1070. The summed E-state index contributed by atoms with van der Waals surface area (Å²) in [4.78, 5) is 30.7. The molecule has 1 fully saturated rings. The number of amides is 1. The zero-order valence-corrected chi connectivity index (χ0v) is 17.4. The largest absolute Gasteiger partial charge is 0.466 e. The van der Waals surface area contributed by atoms with Crippen molar-refractivity contribution in [2.45, 2.75) is 45.6 Å². The Hall–Kier alpha value is -3.15. The Morgan fingerprint density at radius 2 is 2.00 bits per heavy atom. The quantitative estimate of drug-likeness (QED) is 0.549. The Morgan fingerprint density at radius 1 is 1.17 bits per heavy atom.